The first kappa shape index (κ1) is 12.0. The van der Waals surface area contributed by atoms with Crippen molar-refractivity contribution in [3.8, 4) is 0 Å². The standard InChI is InChI=1S/C14H19NO2/c1-3-15(12-7-5-4-6-8-12)11-14(9-10-14)13(16)17-2/h4-8H,3,9-11H2,1-2H3. The van der Waals surface area contributed by atoms with Crippen molar-refractivity contribution in [2.45, 2.75) is 19.8 Å². The van der Waals surface area contributed by atoms with Gasteiger partial charge in [-0.05, 0) is 31.9 Å². The van der Waals surface area contributed by atoms with Gasteiger partial charge in [0.25, 0.3) is 0 Å². The number of benzene rings is 1. The zero-order chi connectivity index (χ0) is 12.3. The molecule has 0 aliphatic heterocycles. The maximum atomic E-state index is 11.7. The summed E-state index contributed by atoms with van der Waals surface area (Å²) in [6, 6.07) is 10.2. The minimum Gasteiger partial charge on any atom is -0.469 e. The maximum absolute atomic E-state index is 11.7. The van der Waals surface area contributed by atoms with E-state index in [-0.39, 0.29) is 11.4 Å². The number of methoxy groups -OCH3 is 1. The molecule has 1 aromatic carbocycles. The number of para-hydroxylation sites is 1. The van der Waals surface area contributed by atoms with Gasteiger partial charge in [-0.1, -0.05) is 18.2 Å². The normalized spacial score (nSPS) is 16.4. The molecule has 92 valence electrons. The molecule has 1 aromatic rings. The van der Waals surface area contributed by atoms with Gasteiger partial charge < -0.3 is 9.64 Å². The van der Waals surface area contributed by atoms with Crippen molar-refractivity contribution >= 4 is 11.7 Å². The van der Waals surface area contributed by atoms with Crippen LogP contribution in [-0.4, -0.2) is 26.2 Å². The second-order valence-electron chi connectivity index (χ2n) is 4.62. The second-order valence-corrected chi connectivity index (χ2v) is 4.62. The minimum absolute atomic E-state index is 0.0631. The second kappa shape index (κ2) is 4.78. The van der Waals surface area contributed by atoms with Crippen LogP contribution >= 0.6 is 0 Å². The van der Waals surface area contributed by atoms with Gasteiger partial charge in [-0.15, -0.1) is 0 Å². The number of carbonyl (C=O) groups excluding carboxylic acids is 1. The van der Waals surface area contributed by atoms with Crippen LogP contribution in [0.15, 0.2) is 30.3 Å². The van der Waals surface area contributed by atoms with Crippen LogP contribution in [0, 0.1) is 5.41 Å². The molecule has 0 spiro atoms. The molecule has 0 N–H and O–H groups in total. The molecule has 1 aliphatic rings. The fourth-order valence-electron chi connectivity index (χ4n) is 2.18. The SMILES string of the molecule is CCN(CC1(C(=O)OC)CC1)c1ccccc1. The van der Waals surface area contributed by atoms with Gasteiger partial charge in [0.1, 0.15) is 0 Å². The molecule has 0 bridgehead atoms. The van der Waals surface area contributed by atoms with Crippen LogP contribution in [-0.2, 0) is 9.53 Å². The zero-order valence-electron chi connectivity index (χ0n) is 10.5. The molecule has 2 rings (SSSR count). The molecule has 0 amide bonds. The van der Waals surface area contributed by atoms with E-state index in [0.717, 1.165) is 25.9 Å². The van der Waals surface area contributed by atoms with Crippen LogP contribution in [0.1, 0.15) is 19.8 Å². The summed E-state index contributed by atoms with van der Waals surface area (Å²) < 4.78 is 4.89. The fraction of sp³-hybridized carbons (Fsp3) is 0.500. The Hall–Kier alpha value is -1.51. The predicted molar refractivity (Wildman–Crippen MR) is 68.0 cm³/mol. The summed E-state index contributed by atoms with van der Waals surface area (Å²) in [4.78, 5) is 14.0. The van der Waals surface area contributed by atoms with Crippen LogP contribution in [0.25, 0.3) is 0 Å². The van der Waals surface area contributed by atoms with Crippen molar-refractivity contribution in [1.82, 2.24) is 0 Å². The molecule has 0 saturated heterocycles. The Balaban J connectivity index is 2.09. The number of nitrogens with zero attached hydrogens (tertiary/aromatic N) is 1. The summed E-state index contributed by atoms with van der Waals surface area (Å²) in [6.07, 6.45) is 1.89. The van der Waals surface area contributed by atoms with Crippen molar-refractivity contribution in [2.24, 2.45) is 5.41 Å². The number of hydrogen-bond acceptors (Lipinski definition) is 3. The topological polar surface area (TPSA) is 29.5 Å². The number of hydrogen-bond donors (Lipinski definition) is 0. The van der Waals surface area contributed by atoms with E-state index in [1.165, 1.54) is 12.8 Å². The fourth-order valence-corrected chi connectivity index (χ4v) is 2.18. The number of rotatable bonds is 5. The van der Waals surface area contributed by atoms with Gasteiger partial charge in [0.2, 0.25) is 0 Å². The minimum atomic E-state index is -0.249. The van der Waals surface area contributed by atoms with Crippen molar-refractivity contribution in [3.63, 3.8) is 0 Å². The van der Waals surface area contributed by atoms with Crippen LogP contribution in [0.3, 0.4) is 0 Å². The molecule has 0 radical (unpaired) electrons. The molecular formula is C14H19NO2. The quantitative estimate of drug-likeness (QED) is 0.732. The lowest BCUT2D eigenvalue weighted by atomic mass is 10.1. The van der Waals surface area contributed by atoms with Crippen molar-refractivity contribution in [2.75, 3.05) is 25.1 Å². The van der Waals surface area contributed by atoms with Crippen LogP contribution in [0.2, 0.25) is 0 Å². The molecule has 17 heavy (non-hydrogen) atoms. The van der Waals surface area contributed by atoms with E-state index in [4.69, 9.17) is 4.74 Å². The molecule has 0 aromatic heterocycles. The Morgan fingerprint density at radius 1 is 1.35 bits per heavy atom. The third-order valence-electron chi connectivity index (χ3n) is 3.47. The van der Waals surface area contributed by atoms with E-state index in [1.54, 1.807) is 0 Å². The lowest BCUT2D eigenvalue weighted by Crippen LogP contribution is -2.35. The van der Waals surface area contributed by atoms with Crippen molar-refractivity contribution < 1.29 is 9.53 Å². The van der Waals surface area contributed by atoms with Gasteiger partial charge in [-0.2, -0.15) is 0 Å². The summed E-state index contributed by atoms with van der Waals surface area (Å²) in [5, 5.41) is 0. The Labute approximate surface area is 102 Å². The largest absolute Gasteiger partial charge is 0.469 e. The Bertz CT molecular complexity index is 384. The highest BCUT2D eigenvalue weighted by molar-refractivity contribution is 5.80. The number of anilines is 1. The summed E-state index contributed by atoms with van der Waals surface area (Å²) in [7, 11) is 1.47. The van der Waals surface area contributed by atoms with E-state index in [0.29, 0.717) is 0 Å². The summed E-state index contributed by atoms with van der Waals surface area (Å²) >= 11 is 0. The first-order chi connectivity index (χ1) is 8.22. The van der Waals surface area contributed by atoms with E-state index < -0.39 is 0 Å². The molecule has 3 nitrogen and oxygen atoms in total. The third-order valence-corrected chi connectivity index (χ3v) is 3.47. The Kier molecular flexibility index (Phi) is 3.36. The lowest BCUT2D eigenvalue weighted by Gasteiger charge is -2.27. The van der Waals surface area contributed by atoms with Crippen LogP contribution in [0.4, 0.5) is 5.69 Å². The molecule has 3 heteroatoms. The lowest BCUT2D eigenvalue weighted by molar-refractivity contribution is -0.146. The van der Waals surface area contributed by atoms with E-state index in [1.807, 2.05) is 18.2 Å². The van der Waals surface area contributed by atoms with Gasteiger partial charge in [0.15, 0.2) is 0 Å². The average Bonchev–Trinajstić information content (AvgIpc) is 3.17. The summed E-state index contributed by atoms with van der Waals surface area (Å²) in [5.41, 5.74) is 0.922. The average molecular weight is 233 g/mol. The predicted octanol–water partition coefficient (Wildman–Crippen LogP) is 2.47. The van der Waals surface area contributed by atoms with Gasteiger partial charge >= 0.3 is 5.97 Å². The highest BCUT2D eigenvalue weighted by Crippen LogP contribution is 2.47. The first-order valence-corrected chi connectivity index (χ1v) is 6.10. The molecule has 1 saturated carbocycles. The number of ether oxygens (including phenoxy) is 1. The van der Waals surface area contributed by atoms with E-state index >= 15 is 0 Å². The van der Waals surface area contributed by atoms with Crippen LogP contribution in [0.5, 0.6) is 0 Å². The third kappa shape index (κ3) is 2.43. The summed E-state index contributed by atoms with van der Waals surface area (Å²) in [5.74, 6) is -0.0631. The highest BCUT2D eigenvalue weighted by atomic mass is 16.5. The van der Waals surface area contributed by atoms with Gasteiger partial charge in [-0.25, -0.2) is 0 Å². The number of carbonyl (C=O) groups is 1. The molecule has 1 aliphatic carbocycles. The monoisotopic (exact) mass is 233 g/mol. The Morgan fingerprint density at radius 3 is 2.47 bits per heavy atom. The van der Waals surface area contributed by atoms with Gasteiger partial charge in [0.05, 0.1) is 12.5 Å². The highest BCUT2D eigenvalue weighted by Gasteiger charge is 2.51. The van der Waals surface area contributed by atoms with E-state index in [9.17, 15) is 4.79 Å². The summed E-state index contributed by atoms with van der Waals surface area (Å²) in [6.45, 7) is 3.78. The number of esters is 1. The molecular weight excluding hydrogens is 214 g/mol. The van der Waals surface area contributed by atoms with Crippen LogP contribution < -0.4 is 4.90 Å². The molecule has 0 atom stereocenters. The first-order valence-electron chi connectivity index (χ1n) is 6.10. The van der Waals surface area contributed by atoms with Crippen molar-refractivity contribution in [3.05, 3.63) is 30.3 Å². The Morgan fingerprint density at radius 2 is 2.00 bits per heavy atom. The molecule has 1 fully saturated rings. The molecule has 0 heterocycles. The maximum Gasteiger partial charge on any atom is 0.313 e. The zero-order valence-corrected chi connectivity index (χ0v) is 10.5. The van der Waals surface area contributed by atoms with Gasteiger partial charge in [0, 0.05) is 18.8 Å². The smallest absolute Gasteiger partial charge is 0.313 e. The van der Waals surface area contributed by atoms with Crippen molar-refractivity contribution in [1.29, 1.82) is 0 Å². The van der Waals surface area contributed by atoms with E-state index in [2.05, 4.69) is 24.0 Å². The van der Waals surface area contributed by atoms with Gasteiger partial charge in [-0.3, -0.25) is 4.79 Å². The molecule has 0 unspecified atom stereocenters.